The molecule has 0 amide bonds. The number of aromatic amines is 1. The van der Waals surface area contributed by atoms with Gasteiger partial charge in [-0.2, -0.15) is 0 Å². The topological polar surface area (TPSA) is 101 Å². The van der Waals surface area contributed by atoms with Crippen LogP contribution < -0.4 is 4.72 Å². The third-order valence-electron chi connectivity index (χ3n) is 4.13. The summed E-state index contributed by atoms with van der Waals surface area (Å²) in [6.07, 6.45) is 0.604. The largest absolute Gasteiger partial charge is 0.419 e. The quantitative estimate of drug-likeness (QED) is 0.680. The van der Waals surface area contributed by atoms with Crippen molar-refractivity contribution in [2.75, 3.05) is 4.72 Å². The van der Waals surface area contributed by atoms with Gasteiger partial charge in [-0.05, 0) is 38.5 Å². The van der Waals surface area contributed by atoms with E-state index < -0.39 is 10.0 Å². The van der Waals surface area contributed by atoms with Gasteiger partial charge in [0.1, 0.15) is 10.6 Å². The van der Waals surface area contributed by atoms with Gasteiger partial charge in [0.25, 0.3) is 15.9 Å². The van der Waals surface area contributed by atoms with Gasteiger partial charge in [-0.3, -0.25) is 4.72 Å². The third-order valence-corrected chi connectivity index (χ3v) is 6.18. The number of aromatic nitrogens is 3. The molecule has 0 aliphatic rings. The number of H-pyrrole nitrogens is 1. The first-order valence-corrected chi connectivity index (χ1v) is 9.90. The van der Waals surface area contributed by atoms with Gasteiger partial charge in [0.05, 0.1) is 5.69 Å². The number of hydrogen-bond acceptors (Lipinski definition) is 5. The van der Waals surface area contributed by atoms with Crippen LogP contribution in [0.5, 0.6) is 0 Å². The Kier molecular flexibility index (Phi) is 4.81. The minimum absolute atomic E-state index is 0.156. The van der Waals surface area contributed by atoms with Crippen LogP contribution in [0.4, 0.5) is 5.69 Å². The van der Waals surface area contributed by atoms with E-state index >= 15 is 0 Å². The Hall–Kier alpha value is -2.32. The van der Waals surface area contributed by atoms with Crippen molar-refractivity contribution in [2.45, 2.75) is 39.0 Å². The zero-order valence-electron chi connectivity index (χ0n) is 14.8. The maximum Gasteiger partial charge on any atom is 0.264 e. The van der Waals surface area contributed by atoms with Gasteiger partial charge in [-0.15, -0.1) is 10.2 Å². The molecule has 0 unspecified atom stereocenters. The summed E-state index contributed by atoms with van der Waals surface area (Å²) in [7, 11) is -3.83. The average molecular weight is 395 g/mol. The van der Waals surface area contributed by atoms with Gasteiger partial charge >= 0.3 is 0 Å². The number of nitrogens with one attached hydrogen (secondary N) is 2. The summed E-state index contributed by atoms with van der Waals surface area (Å²) in [6.45, 7) is 7.05. The van der Waals surface area contributed by atoms with Crippen LogP contribution in [0.3, 0.4) is 0 Å². The zero-order valence-corrected chi connectivity index (χ0v) is 16.4. The number of rotatable bonds is 5. The second kappa shape index (κ2) is 6.77. The fourth-order valence-electron chi connectivity index (χ4n) is 2.76. The fourth-order valence-corrected chi connectivity index (χ4v) is 4.51. The molecule has 0 aliphatic heterocycles. The van der Waals surface area contributed by atoms with Crippen molar-refractivity contribution < 1.29 is 12.8 Å². The molecule has 2 N–H and O–H groups in total. The second-order valence-corrected chi connectivity index (χ2v) is 7.98. The molecular formula is C17H19ClN4O3S. The molecule has 0 saturated heterocycles. The molecule has 9 heteroatoms. The summed E-state index contributed by atoms with van der Waals surface area (Å²) in [4.78, 5) is 3.20. The maximum absolute atomic E-state index is 13.0. The van der Waals surface area contributed by atoms with Gasteiger partial charge < -0.3 is 9.40 Å². The number of anilines is 1. The molecule has 2 heterocycles. The van der Waals surface area contributed by atoms with E-state index in [0.29, 0.717) is 45.5 Å². The van der Waals surface area contributed by atoms with Gasteiger partial charge in [0.15, 0.2) is 0 Å². The number of benzene rings is 1. The number of aryl methyl sites for hydroxylation is 2. The minimum Gasteiger partial charge on any atom is -0.419 e. The SMILES string of the molecule is CCc1nnc(-c2[nH]c(C)c(S(=O)(=O)Nc3cccc(Cl)c3C)c2C)o1. The van der Waals surface area contributed by atoms with Crippen LogP contribution in [0.1, 0.15) is 29.6 Å². The molecule has 3 rings (SSSR count). The highest BCUT2D eigenvalue weighted by Gasteiger charge is 2.27. The summed E-state index contributed by atoms with van der Waals surface area (Å²) < 4.78 is 34.1. The van der Waals surface area contributed by atoms with Crippen LogP contribution in [0.2, 0.25) is 5.02 Å². The van der Waals surface area contributed by atoms with E-state index in [2.05, 4.69) is 19.9 Å². The molecule has 138 valence electrons. The lowest BCUT2D eigenvalue weighted by Gasteiger charge is -2.12. The predicted octanol–water partition coefficient (Wildman–Crippen LogP) is 4.01. The van der Waals surface area contributed by atoms with Crippen molar-refractivity contribution in [3.8, 4) is 11.6 Å². The molecule has 0 bridgehead atoms. The lowest BCUT2D eigenvalue weighted by Crippen LogP contribution is -2.15. The molecule has 0 atom stereocenters. The summed E-state index contributed by atoms with van der Waals surface area (Å²) in [6, 6.07) is 5.07. The predicted molar refractivity (Wildman–Crippen MR) is 99.9 cm³/mol. The third kappa shape index (κ3) is 3.22. The normalized spacial score (nSPS) is 11.7. The molecule has 1 aromatic carbocycles. The first kappa shape index (κ1) is 18.5. The van der Waals surface area contributed by atoms with Crippen molar-refractivity contribution in [3.63, 3.8) is 0 Å². The Morgan fingerprint density at radius 1 is 1.19 bits per heavy atom. The van der Waals surface area contributed by atoms with Gasteiger partial charge in [-0.25, -0.2) is 8.42 Å². The Morgan fingerprint density at radius 2 is 1.92 bits per heavy atom. The Morgan fingerprint density at radius 3 is 2.58 bits per heavy atom. The molecule has 0 aliphatic carbocycles. The number of sulfonamides is 1. The molecule has 3 aromatic rings. The number of nitrogens with zero attached hydrogens (tertiary/aromatic N) is 2. The molecule has 7 nitrogen and oxygen atoms in total. The monoisotopic (exact) mass is 394 g/mol. The molecular weight excluding hydrogens is 376 g/mol. The molecule has 0 saturated carbocycles. The summed E-state index contributed by atoms with van der Waals surface area (Å²) in [5, 5.41) is 8.40. The van der Waals surface area contributed by atoms with Crippen molar-refractivity contribution >= 4 is 27.3 Å². The summed E-state index contributed by atoms with van der Waals surface area (Å²) in [5.41, 5.74) is 2.60. The molecule has 0 spiro atoms. The van der Waals surface area contributed by atoms with Gasteiger partial charge in [0.2, 0.25) is 5.89 Å². The fraction of sp³-hybridized carbons (Fsp3) is 0.294. The summed E-state index contributed by atoms with van der Waals surface area (Å²) >= 11 is 6.08. The first-order chi connectivity index (χ1) is 12.2. The smallest absolute Gasteiger partial charge is 0.264 e. The lowest BCUT2D eigenvalue weighted by molar-refractivity contribution is 0.511. The van der Waals surface area contributed by atoms with E-state index in [9.17, 15) is 8.42 Å². The van der Waals surface area contributed by atoms with Crippen molar-refractivity contribution in [3.05, 3.63) is 45.9 Å². The first-order valence-electron chi connectivity index (χ1n) is 8.04. The highest BCUT2D eigenvalue weighted by Crippen LogP contribution is 2.32. The van der Waals surface area contributed by atoms with E-state index in [1.807, 2.05) is 6.92 Å². The Bertz CT molecular complexity index is 1070. The van der Waals surface area contributed by atoms with Gasteiger partial charge in [-0.1, -0.05) is 24.6 Å². The zero-order chi connectivity index (χ0) is 19.1. The van der Waals surface area contributed by atoms with Crippen LogP contribution in [0.25, 0.3) is 11.6 Å². The Balaban J connectivity index is 2.04. The van der Waals surface area contributed by atoms with E-state index in [0.717, 1.165) is 0 Å². The van der Waals surface area contributed by atoms with E-state index in [4.69, 9.17) is 16.0 Å². The van der Waals surface area contributed by atoms with E-state index in [1.54, 1.807) is 39.0 Å². The maximum atomic E-state index is 13.0. The molecule has 0 fully saturated rings. The molecule has 26 heavy (non-hydrogen) atoms. The number of hydrogen-bond donors (Lipinski definition) is 2. The summed E-state index contributed by atoms with van der Waals surface area (Å²) in [5.74, 6) is 0.756. The lowest BCUT2D eigenvalue weighted by atomic mass is 10.2. The molecule has 0 radical (unpaired) electrons. The average Bonchev–Trinajstić information content (AvgIpc) is 3.16. The van der Waals surface area contributed by atoms with Crippen LogP contribution in [-0.4, -0.2) is 23.6 Å². The number of halogens is 1. The second-order valence-electron chi connectivity index (χ2n) is 5.95. The van der Waals surface area contributed by atoms with Gasteiger partial charge in [0, 0.05) is 22.7 Å². The van der Waals surface area contributed by atoms with Crippen LogP contribution in [0.15, 0.2) is 27.5 Å². The van der Waals surface area contributed by atoms with Crippen LogP contribution in [-0.2, 0) is 16.4 Å². The highest BCUT2D eigenvalue weighted by molar-refractivity contribution is 7.92. The van der Waals surface area contributed by atoms with E-state index in [1.165, 1.54) is 0 Å². The Labute approximate surface area is 156 Å². The standard InChI is InChI=1S/C17H19ClN4O3S/c1-5-14-20-21-17(25-14)15-10(3)16(11(4)19-15)26(23,24)22-13-8-6-7-12(18)9(13)2/h6-8,19,22H,5H2,1-4H3. The molecule has 2 aromatic heterocycles. The van der Waals surface area contributed by atoms with Crippen molar-refractivity contribution in [1.82, 2.24) is 15.2 Å². The highest BCUT2D eigenvalue weighted by atomic mass is 35.5. The van der Waals surface area contributed by atoms with Crippen molar-refractivity contribution in [1.29, 1.82) is 0 Å². The van der Waals surface area contributed by atoms with Crippen molar-refractivity contribution in [2.24, 2.45) is 0 Å². The minimum atomic E-state index is -3.83. The van der Waals surface area contributed by atoms with Crippen LogP contribution in [0, 0.1) is 20.8 Å². The van der Waals surface area contributed by atoms with Crippen LogP contribution >= 0.6 is 11.6 Å². The van der Waals surface area contributed by atoms with E-state index in [-0.39, 0.29) is 10.8 Å².